The Morgan fingerprint density at radius 2 is 1.83 bits per heavy atom. The maximum Gasteiger partial charge on any atom is 0.167 e. The molecule has 18 heavy (non-hydrogen) atoms. The molecule has 0 saturated heterocycles. The zero-order valence-corrected chi connectivity index (χ0v) is 10.2. The van der Waals surface area contributed by atoms with Crippen LogP contribution in [-0.2, 0) is 6.54 Å². The largest absolute Gasteiger partial charge is 0.356 e. The standard InChI is InChI=1S/C13H14F2N2O/c1-8(2)16-7-12-6-13(18-17-12)9-3-10(14)5-11(15)4-9/h3-6,8,16H,7H2,1-2H3. The number of halogens is 2. The van der Waals surface area contributed by atoms with E-state index in [9.17, 15) is 8.78 Å². The Balaban J connectivity index is 2.18. The molecule has 0 aliphatic rings. The van der Waals surface area contributed by atoms with Crippen LogP contribution in [0, 0.1) is 11.6 Å². The van der Waals surface area contributed by atoms with Crippen LogP contribution in [0.25, 0.3) is 11.3 Å². The summed E-state index contributed by atoms with van der Waals surface area (Å²) < 4.78 is 31.2. The average Bonchev–Trinajstić information content (AvgIpc) is 2.73. The molecule has 0 atom stereocenters. The molecule has 0 unspecified atom stereocenters. The molecule has 1 aromatic heterocycles. The van der Waals surface area contributed by atoms with Crippen LogP contribution in [0.4, 0.5) is 8.78 Å². The van der Waals surface area contributed by atoms with Crippen LogP contribution in [0.2, 0.25) is 0 Å². The molecule has 1 N–H and O–H groups in total. The van der Waals surface area contributed by atoms with Crippen LogP contribution < -0.4 is 5.32 Å². The lowest BCUT2D eigenvalue weighted by atomic mass is 10.1. The first-order chi connectivity index (χ1) is 8.54. The van der Waals surface area contributed by atoms with Crippen molar-refractivity contribution >= 4 is 0 Å². The highest BCUT2D eigenvalue weighted by Gasteiger charge is 2.09. The van der Waals surface area contributed by atoms with E-state index < -0.39 is 11.6 Å². The van der Waals surface area contributed by atoms with Gasteiger partial charge in [-0.15, -0.1) is 0 Å². The van der Waals surface area contributed by atoms with Gasteiger partial charge in [0.1, 0.15) is 11.6 Å². The third-order valence-electron chi connectivity index (χ3n) is 2.40. The summed E-state index contributed by atoms with van der Waals surface area (Å²) in [6, 6.07) is 5.24. The van der Waals surface area contributed by atoms with Gasteiger partial charge in [-0.1, -0.05) is 19.0 Å². The normalized spacial score (nSPS) is 11.2. The number of hydrogen-bond donors (Lipinski definition) is 1. The van der Waals surface area contributed by atoms with Gasteiger partial charge in [0, 0.05) is 30.3 Å². The molecule has 1 aromatic carbocycles. The number of nitrogens with one attached hydrogen (secondary N) is 1. The minimum atomic E-state index is -0.636. The van der Waals surface area contributed by atoms with Crippen LogP contribution in [0.3, 0.4) is 0 Å². The van der Waals surface area contributed by atoms with Gasteiger partial charge in [-0.3, -0.25) is 0 Å². The summed E-state index contributed by atoms with van der Waals surface area (Å²) in [6.45, 7) is 4.59. The average molecular weight is 252 g/mol. The second-order valence-corrected chi connectivity index (χ2v) is 4.38. The maximum absolute atomic E-state index is 13.1. The first-order valence-corrected chi connectivity index (χ1v) is 5.70. The molecule has 2 rings (SSSR count). The minimum Gasteiger partial charge on any atom is -0.356 e. The highest BCUT2D eigenvalue weighted by atomic mass is 19.1. The SMILES string of the molecule is CC(C)NCc1cc(-c2cc(F)cc(F)c2)on1. The zero-order valence-electron chi connectivity index (χ0n) is 10.2. The van der Waals surface area contributed by atoms with Gasteiger partial charge in [-0.25, -0.2) is 8.78 Å². The van der Waals surface area contributed by atoms with Gasteiger partial charge in [0.05, 0.1) is 5.69 Å². The lowest BCUT2D eigenvalue weighted by Gasteiger charge is -2.03. The van der Waals surface area contributed by atoms with E-state index in [0.717, 1.165) is 6.07 Å². The lowest BCUT2D eigenvalue weighted by Crippen LogP contribution is -2.21. The van der Waals surface area contributed by atoms with Crippen LogP contribution in [0.5, 0.6) is 0 Å². The van der Waals surface area contributed by atoms with Gasteiger partial charge in [0.15, 0.2) is 5.76 Å². The molecule has 0 amide bonds. The Hall–Kier alpha value is -1.75. The first-order valence-electron chi connectivity index (χ1n) is 5.70. The fourth-order valence-electron chi connectivity index (χ4n) is 1.54. The Labute approximate surface area is 104 Å². The fraction of sp³-hybridized carbons (Fsp3) is 0.308. The molecule has 0 aliphatic carbocycles. The second kappa shape index (κ2) is 5.27. The predicted molar refractivity (Wildman–Crippen MR) is 63.8 cm³/mol. The Bertz CT molecular complexity index is 517. The van der Waals surface area contributed by atoms with Gasteiger partial charge >= 0.3 is 0 Å². The summed E-state index contributed by atoms with van der Waals surface area (Å²) in [5.74, 6) is -0.916. The van der Waals surface area contributed by atoms with E-state index in [-0.39, 0.29) is 0 Å². The van der Waals surface area contributed by atoms with Crippen LogP contribution >= 0.6 is 0 Å². The molecule has 0 aliphatic heterocycles. The van der Waals surface area contributed by atoms with Gasteiger partial charge in [0.2, 0.25) is 0 Å². The van der Waals surface area contributed by atoms with Gasteiger partial charge in [0.25, 0.3) is 0 Å². The van der Waals surface area contributed by atoms with Crippen molar-refractivity contribution in [3.05, 3.63) is 41.6 Å². The fourth-order valence-corrected chi connectivity index (χ4v) is 1.54. The predicted octanol–water partition coefficient (Wildman–Crippen LogP) is 3.12. The van der Waals surface area contributed by atoms with Crippen molar-refractivity contribution in [2.75, 3.05) is 0 Å². The molecule has 5 heteroatoms. The lowest BCUT2D eigenvalue weighted by molar-refractivity contribution is 0.417. The molecule has 0 saturated carbocycles. The van der Waals surface area contributed by atoms with Crippen molar-refractivity contribution in [3.8, 4) is 11.3 Å². The molecule has 2 aromatic rings. The van der Waals surface area contributed by atoms with E-state index in [1.54, 1.807) is 6.07 Å². The summed E-state index contributed by atoms with van der Waals surface area (Å²) in [5.41, 5.74) is 1.04. The summed E-state index contributed by atoms with van der Waals surface area (Å²) in [5, 5.41) is 7.02. The molecule has 0 spiro atoms. The number of aromatic nitrogens is 1. The molecule has 0 bridgehead atoms. The van der Waals surface area contributed by atoms with Crippen LogP contribution in [0.1, 0.15) is 19.5 Å². The van der Waals surface area contributed by atoms with Crippen LogP contribution in [0.15, 0.2) is 28.8 Å². The van der Waals surface area contributed by atoms with E-state index in [1.807, 2.05) is 13.8 Å². The molecule has 0 radical (unpaired) electrons. The Morgan fingerprint density at radius 1 is 1.17 bits per heavy atom. The monoisotopic (exact) mass is 252 g/mol. The zero-order chi connectivity index (χ0) is 13.1. The molecule has 1 heterocycles. The Morgan fingerprint density at radius 3 is 2.44 bits per heavy atom. The molecule has 0 fully saturated rings. The van der Waals surface area contributed by atoms with Crippen molar-refractivity contribution < 1.29 is 13.3 Å². The van der Waals surface area contributed by atoms with Crippen LogP contribution in [-0.4, -0.2) is 11.2 Å². The van der Waals surface area contributed by atoms with Crippen molar-refractivity contribution in [2.45, 2.75) is 26.4 Å². The topological polar surface area (TPSA) is 38.1 Å². The van der Waals surface area contributed by atoms with Crippen molar-refractivity contribution in [3.63, 3.8) is 0 Å². The van der Waals surface area contributed by atoms with E-state index in [1.165, 1.54) is 12.1 Å². The van der Waals surface area contributed by atoms with Crippen molar-refractivity contribution in [1.82, 2.24) is 10.5 Å². The van der Waals surface area contributed by atoms with Gasteiger partial charge in [-0.05, 0) is 12.1 Å². The van der Waals surface area contributed by atoms with Gasteiger partial charge < -0.3 is 9.84 Å². The first kappa shape index (κ1) is 12.7. The summed E-state index contributed by atoms with van der Waals surface area (Å²) in [7, 11) is 0. The molecule has 3 nitrogen and oxygen atoms in total. The van der Waals surface area contributed by atoms with E-state index >= 15 is 0 Å². The smallest absolute Gasteiger partial charge is 0.167 e. The highest BCUT2D eigenvalue weighted by molar-refractivity contribution is 5.57. The third kappa shape index (κ3) is 3.13. The van der Waals surface area contributed by atoms with Crippen molar-refractivity contribution in [2.24, 2.45) is 0 Å². The number of rotatable bonds is 4. The van der Waals surface area contributed by atoms with Crippen molar-refractivity contribution in [1.29, 1.82) is 0 Å². The third-order valence-corrected chi connectivity index (χ3v) is 2.40. The Kier molecular flexibility index (Phi) is 3.72. The summed E-state index contributed by atoms with van der Waals surface area (Å²) in [4.78, 5) is 0. The highest BCUT2D eigenvalue weighted by Crippen LogP contribution is 2.22. The maximum atomic E-state index is 13.1. The molecular formula is C13H14F2N2O. The quantitative estimate of drug-likeness (QED) is 0.908. The summed E-state index contributed by atoms with van der Waals surface area (Å²) in [6.07, 6.45) is 0. The number of benzene rings is 1. The summed E-state index contributed by atoms with van der Waals surface area (Å²) >= 11 is 0. The molecule has 96 valence electrons. The number of hydrogen-bond acceptors (Lipinski definition) is 3. The number of nitrogens with zero attached hydrogens (tertiary/aromatic N) is 1. The van der Waals surface area contributed by atoms with E-state index in [2.05, 4.69) is 10.5 Å². The molecular weight excluding hydrogens is 238 g/mol. The van der Waals surface area contributed by atoms with Gasteiger partial charge in [-0.2, -0.15) is 0 Å². The van der Waals surface area contributed by atoms with E-state index in [0.29, 0.717) is 29.6 Å². The second-order valence-electron chi connectivity index (χ2n) is 4.38. The van der Waals surface area contributed by atoms with E-state index in [4.69, 9.17) is 4.52 Å². The minimum absolute atomic E-state index is 0.330.